The summed E-state index contributed by atoms with van der Waals surface area (Å²) in [4.78, 5) is 19.9. The molecular formula is C20H17N3O. The largest absolute Gasteiger partial charge is 0.361 e. The number of aromatic nitrogens is 2. The average Bonchev–Trinajstić information content (AvgIpc) is 3.04. The molecule has 118 valence electrons. The molecule has 0 saturated carbocycles. The van der Waals surface area contributed by atoms with E-state index in [1.807, 2.05) is 54.7 Å². The number of pyridine rings is 1. The number of aryl methyl sites for hydroxylation is 1. The fourth-order valence-electron chi connectivity index (χ4n) is 3.00. The molecule has 4 nitrogen and oxygen atoms in total. The van der Waals surface area contributed by atoms with Gasteiger partial charge in [0, 0.05) is 35.1 Å². The molecule has 0 atom stereocenters. The van der Waals surface area contributed by atoms with Crippen molar-refractivity contribution in [1.29, 1.82) is 0 Å². The number of rotatable bonds is 4. The molecule has 4 rings (SSSR count). The zero-order valence-electron chi connectivity index (χ0n) is 13.1. The molecule has 0 bridgehead atoms. The quantitative estimate of drug-likeness (QED) is 0.590. The van der Waals surface area contributed by atoms with Gasteiger partial charge in [0.25, 0.3) is 0 Å². The first-order valence-electron chi connectivity index (χ1n) is 8.00. The Kier molecular flexibility index (Phi) is 3.71. The summed E-state index contributed by atoms with van der Waals surface area (Å²) in [7, 11) is 0. The van der Waals surface area contributed by atoms with Gasteiger partial charge in [-0.2, -0.15) is 0 Å². The van der Waals surface area contributed by atoms with Crippen LogP contribution in [0.1, 0.15) is 12.0 Å². The van der Waals surface area contributed by atoms with Crippen molar-refractivity contribution in [1.82, 2.24) is 9.97 Å². The smallest absolute Gasteiger partial charge is 0.224 e. The van der Waals surface area contributed by atoms with Gasteiger partial charge in [0.1, 0.15) is 0 Å². The molecule has 4 aromatic rings. The van der Waals surface area contributed by atoms with Gasteiger partial charge in [0.15, 0.2) is 0 Å². The summed E-state index contributed by atoms with van der Waals surface area (Å²) >= 11 is 0. The first-order valence-corrected chi connectivity index (χ1v) is 8.00. The summed E-state index contributed by atoms with van der Waals surface area (Å²) in [5, 5.41) is 5.18. The van der Waals surface area contributed by atoms with Crippen molar-refractivity contribution < 1.29 is 4.79 Å². The molecule has 4 heteroatoms. The van der Waals surface area contributed by atoms with Gasteiger partial charge >= 0.3 is 0 Å². The van der Waals surface area contributed by atoms with Crippen LogP contribution in [0.2, 0.25) is 0 Å². The lowest BCUT2D eigenvalue weighted by molar-refractivity contribution is -0.116. The third kappa shape index (κ3) is 2.74. The van der Waals surface area contributed by atoms with Gasteiger partial charge < -0.3 is 10.3 Å². The lowest BCUT2D eigenvalue weighted by Gasteiger charge is -2.07. The van der Waals surface area contributed by atoms with Crippen LogP contribution in [0.5, 0.6) is 0 Å². The highest BCUT2D eigenvalue weighted by Crippen LogP contribution is 2.22. The number of amides is 1. The highest BCUT2D eigenvalue weighted by molar-refractivity contribution is 6.00. The summed E-state index contributed by atoms with van der Waals surface area (Å²) in [6.07, 6.45) is 4.86. The second kappa shape index (κ2) is 6.16. The Labute approximate surface area is 139 Å². The molecule has 0 unspecified atom stereocenters. The summed E-state index contributed by atoms with van der Waals surface area (Å²) in [6, 6.07) is 17.8. The van der Waals surface area contributed by atoms with Crippen molar-refractivity contribution in [2.45, 2.75) is 12.8 Å². The van der Waals surface area contributed by atoms with E-state index >= 15 is 0 Å². The zero-order chi connectivity index (χ0) is 16.4. The van der Waals surface area contributed by atoms with Crippen LogP contribution in [0.3, 0.4) is 0 Å². The van der Waals surface area contributed by atoms with Crippen LogP contribution in [-0.2, 0) is 11.2 Å². The normalized spacial score (nSPS) is 11.0. The standard InChI is InChI=1S/C20H17N3O/c24-19(11-10-15-13-22-17-8-2-1-7-16(15)17)23-18-9-3-5-14-6-4-12-21-20(14)18/h1-9,12-13,22H,10-11H2,(H,23,24). The molecule has 24 heavy (non-hydrogen) atoms. The van der Waals surface area contributed by atoms with Crippen molar-refractivity contribution in [3.8, 4) is 0 Å². The molecule has 1 amide bonds. The van der Waals surface area contributed by atoms with E-state index in [2.05, 4.69) is 21.4 Å². The lowest BCUT2D eigenvalue weighted by Crippen LogP contribution is -2.12. The predicted octanol–water partition coefficient (Wildman–Crippen LogP) is 4.29. The van der Waals surface area contributed by atoms with Crippen molar-refractivity contribution in [2.75, 3.05) is 5.32 Å². The maximum Gasteiger partial charge on any atom is 0.224 e. The average molecular weight is 315 g/mol. The Balaban J connectivity index is 1.48. The monoisotopic (exact) mass is 315 g/mol. The summed E-state index contributed by atoms with van der Waals surface area (Å²) < 4.78 is 0. The minimum atomic E-state index is -0.00145. The summed E-state index contributed by atoms with van der Waals surface area (Å²) in [6.45, 7) is 0. The van der Waals surface area contributed by atoms with E-state index in [1.54, 1.807) is 6.20 Å². The van der Waals surface area contributed by atoms with E-state index in [0.29, 0.717) is 12.8 Å². The van der Waals surface area contributed by atoms with Crippen LogP contribution in [0.25, 0.3) is 21.8 Å². The van der Waals surface area contributed by atoms with Gasteiger partial charge in [-0.15, -0.1) is 0 Å². The molecule has 0 fully saturated rings. The Morgan fingerprint density at radius 3 is 2.88 bits per heavy atom. The van der Waals surface area contributed by atoms with Gasteiger partial charge in [-0.05, 0) is 30.2 Å². The van der Waals surface area contributed by atoms with Crippen molar-refractivity contribution in [2.24, 2.45) is 0 Å². The van der Waals surface area contributed by atoms with Crippen LogP contribution in [-0.4, -0.2) is 15.9 Å². The molecule has 0 spiro atoms. The summed E-state index contributed by atoms with van der Waals surface area (Å²) in [5.41, 5.74) is 3.85. The highest BCUT2D eigenvalue weighted by atomic mass is 16.1. The molecule has 0 aliphatic carbocycles. The van der Waals surface area contributed by atoms with E-state index < -0.39 is 0 Å². The van der Waals surface area contributed by atoms with Crippen molar-refractivity contribution in [3.63, 3.8) is 0 Å². The van der Waals surface area contributed by atoms with E-state index in [0.717, 1.165) is 27.7 Å². The second-order valence-corrected chi connectivity index (χ2v) is 5.79. The van der Waals surface area contributed by atoms with Crippen molar-refractivity contribution >= 4 is 33.4 Å². The minimum absolute atomic E-state index is 0.00145. The zero-order valence-corrected chi connectivity index (χ0v) is 13.1. The molecule has 0 aliphatic heterocycles. The third-order valence-electron chi connectivity index (χ3n) is 4.20. The molecule has 0 saturated heterocycles. The first-order chi connectivity index (χ1) is 11.8. The van der Waals surface area contributed by atoms with Crippen LogP contribution in [0.4, 0.5) is 5.69 Å². The van der Waals surface area contributed by atoms with E-state index in [9.17, 15) is 4.79 Å². The topological polar surface area (TPSA) is 57.8 Å². The molecule has 2 heterocycles. The highest BCUT2D eigenvalue weighted by Gasteiger charge is 2.09. The Morgan fingerprint density at radius 1 is 1.04 bits per heavy atom. The van der Waals surface area contributed by atoms with E-state index in [4.69, 9.17) is 0 Å². The van der Waals surface area contributed by atoms with E-state index in [1.165, 1.54) is 5.39 Å². The Morgan fingerprint density at radius 2 is 1.92 bits per heavy atom. The lowest BCUT2D eigenvalue weighted by atomic mass is 10.1. The second-order valence-electron chi connectivity index (χ2n) is 5.79. The number of carbonyl (C=O) groups excluding carboxylic acids is 1. The predicted molar refractivity (Wildman–Crippen MR) is 97.0 cm³/mol. The maximum atomic E-state index is 12.3. The van der Waals surface area contributed by atoms with Crippen molar-refractivity contribution in [3.05, 3.63) is 72.6 Å². The Hall–Kier alpha value is -3.14. The number of H-pyrrole nitrogens is 1. The number of nitrogens with zero attached hydrogens (tertiary/aromatic N) is 1. The fraction of sp³-hybridized carbons (Fsp3) is 0.100. The minimum Gasteiger partial charge on any atom is -0.361 e. The number of hydrogen-bond donors (Lipinski definition) is 2. The number of hydrogen-bond acceptors (Lipinski definition) is 2. The van der Waals surface area contributed by atoms with Gasteiger partial charge in [0.2, 0.25) is 5.91 Å². The molecule has 2 aromatic carbocycles. The third-order valence-corrected chi connectivity index (χ3v) is 4.20. The van der Waals surface area contributed by atoms with Gasteiger partial charge in [0.05, 0.1) is 11.2 Å². The molecular weight excluding hydrogens is 298 g/mol. The van der Waals surface area contributed by atoms with Crippen LogP contribution in [0.15, 0.2) is 67.0 Å². The number of nitrogens with one attached hydrogen (secondary N) is 2. The number of para-hydroxylation sites is 2. The van der Waals surface area contributed by atoms with Gasteiger partial charge in [-0.1, -0.05) is 36.4 Å². The molecule has 0 aliphatic rings. The number of anilines is 1. The molecule has 2 N–H and O–H groups in total. The van der Waals surface area contributed by atoms with E-state index in [-0.39, 0.29) is 5.91 Å². The van der Waals surface area contributed by atoms with Crippen LogP contribution in [0, 0.1) is 0 Å². The van der Waals surface area contributed by atoms with Crippen LogP contribution >= 0.6 is 0 Å². The fourth-order valence-corrected chi connectivity index (χ4v) is 3.00. The van der Waals surface area contributed by atoms with Gasteiger partial charge in [-0.25, -0.2) is 0 Å². The first kappa shape index (κ1) is 14.5. The number of carbonyl (C=O) groups is 1. The molecule has 0 radical (unpaired) electrons. The maximum absolute atomic E-state index is 12.3. The SMILES string of the molecule is O=C(CCc1c[nH]c2ccccc12)Nc1cccc2cccnc12. The number of benzene rings is 2. The Bertz CT molecular complexity index is 1010. The summed E-state index contributed by atoms with van der Waals surface area (Å²) in [5.74, 6) is -0.00145. The number of fused-ring (bicyclic) bond motifs is 2. The molecule has 2 aromatic heterocycles. The number of aromatic amines is 1. The van der Waals surface area contributed by atoms with Gasteiger partial charge in [-0.3, -0.25) is 9.78 Å². The van der Waals surface area contributed by atoms with Crippen LogP contribution < -0.4 is 5.32 Å².